The van der Waals surface area contributed by atoms with E-state index < -0.39 is 0 Å². The van der Waals surface area contributed by atoms with Crippen molar-refractivity contribution in [2.75, 3.05) is 0 Å². The quantitative estimate of drug-likeness (QED) is 0.811. The van der Waals surface area contributed by atoms with Gasteiger partial charge in [0.1, 0.15) is 11.8 Å². The number of ether oxygens (including phenoxy) is 1. The van der Waals surface area contributed by atoms with Crippen LogP contribution in [-0.2, 0) is 21.4 Å². The van der Waals surface area contributed by atoms with E-state index in [-0.39, 0.29) is 28.4 Å². The minimum Gasteiger partial charge on any atom is -0.444 e. The van der Waals surface area contributed by atoms with E-state index in [1.807, 2.05) is 0 Å². The summed E-state index contributed by atoms with van der Waals surface area (Å²) in [5, 5.41) is 9.63. The van der Waals surface area contributed by atoms with Gasteiger partial charge in [0.05, 0.1) is 5.57 Å². The van der Waals surface area contributed by atoms with E-state index in [1.165, 1.54) is 11.1 Å². The average Bonchev–Trinajstić information content (AvgIpc) is 2.57. The van der Waals surface area contributed by atoms with Crippen LogP contribution in [0.2, 0.25) is 0 Å². The fourth-order valence-corrected chi connectivity index (χ4v) is 4.17. The first-order valence-electron chi connectivity index (χ1n) is 9.95. The van der Waals surface area contributed by atoms with Crippen molar-refractivity contribution in [3.05, 3.63) is 58.2 Å². The standard InChI is InChI=1S/C24H30N2O2/c1-23(2,3)16-9-6-15(7-10-16)8-11-17-18(14-25)22(26)28-20-13-24(4,5)12-19(27)21(17)20/h6-7,9-10,17H,8,11-13,26H2,1-5H3. The van der Waals surface area contributed by atoms with Crippen LogP contribution >= 0.6 is 0 Å². The van der Waals surface area contributed by atoms with E-state index in [0.29, 0.717) is 36.2 Å². The van der Waals surface area contributed by atoms with E-state index in [2.05, 4.69) is 65.0 Å². The molecule has 0 bridgehead atoms. The summed E-state index contributed by atoms with van der Waals surface area (Å²) in [4.78, 5) is 12.9. The molecule has 1 heterocycles. The molecule has 1 aliphatic carbocycles. The van der Waals surface area contributed by atoms with Crippen molar-refractivity contribution in [1.29, 1.82) is 5.26 Å². The van der Waals surface area contributed by atoms with Gasteiger partial charge in [-0.1, -0.05) is 58.9 Å². The van der Waals surface area contributed by atoms with Crippen LogP contribution in [0, 0.1) is 22.7 Å². The molecule has 0 saturated carbocycles. The van der Waals surface area contributed by atoms with Crippen molar-refractivity contribution >= 4 is 5.78 Å². The van der Waals surface area contributed by atoms with E-state index >= 15 is 0 Å². The minimum absolute atomic E-state index is 0.0829. The largest absolute Gasteiger partial charge is 0.444 e. The molecule has 28 heavy (non-hydrogen) atoms. The molecule has 2 aliphatic rings. The lowest BCUT2D eigenvalue weighted by molar-refractivity contribution is -0.119. The van der Waals surface area contributed by atoms with Crippen LogP contribution in [-0.4, -0.2) is 5.78 Å². The molecule has 0 amide bonds. The molecule has 1 unspecified atom stereocenters. The van der Waals surface area contributed by atoms with Gasteiger partial charge in [0.2, 0.25) is 5.88 Å². The summed E-state index contributed by atoms with van der Waals surface area (Å²) in [6, 6.07) is 10.8. The van der Waals surface area contributed by atoms with Crippen molar-refractivity contribution in [3.8, 4) is 6.07 Å². The van der Waals surface area contributed by atoms with Crippen LogP contribution in [0.1, 0.15) is 65.0 Å². The van der Waals surface area contributed by atoms with Crippen molar-refractivity contribution < 1.29 is 9.53 Å². The molecule has 2 N–H and O–H groups in total. The van der Waals surface area contributed by atoms with Gasteiger partial charge in [0.25, 0.3) is 0 Å². The SMILES string of the molecule is CC1(C)CC(=O)C2=C(C1)OC(N)=C(C#N)C2CCc1ccc(C(C)(C)C)cc1. The van der Waals surface area contributed by atoms with Gasteiger partial charge in [-0.15, -0.1) is 0 Å². The number of ketones is 1. The fraction of sp³-hybridized carbons (Fsp3) is 0.500. The van der Waals surface area contributed by atoms with Gasteiger partial charge in [-0.3, -0.25) is 4.79 Å². The maximum atomic E-state index is 12.9. The third kappa shape index (κ3) is 3.99. The Morgan fingerprint density at radius 2 is 1.86 bits per heavy atom. The lowest BCUT2D eigenvalue weighted by atomic mass is 9.70. The van der Waals surface area contributed by atoms with Crippen molar-refractivity contribution in [2.45, 2.75) is 65.7 Å². The van der Waals surface area contributed by atoms with Crippen molar-refractivity contribution in [3.63, 3.8) is 0 Å². The van der Waals surface area contributed by atoms with Crippen LogP contribution in [0.4, 0.5) is 0 Å². The maximum absolute atomic E-state index is 12.9. The predicted octanol–water partition coefficient (Wildman–Crippen LogP) is 4.90. The second-order valence-corrected chi connectivity index (χ2v) is 9.81. The summed E-state index contributed by atoms with van der Waals surface area (Å²) in [6.45, 7) is 10.7. The molecule has 3 rings (SSSR count). The Kier molecular flexibility index (Phi) is 5.14. The Bertz CT molecular complexity index is 890. The number of nitriles is 1. The summed E-state index contributed by atoms with van der Waals surface area (Å²) in [5.41, 5.74) is 9.55. The first-order valence-corrected chi connectivity index (χ1v) is 9.95. The number of Topliss-reactive ketones (excluding diaryl/α,β-unsaturated/α-hetero) is 1. The lowest BCUT2D eigenvalue weighted by Crippen LogP contribution is -2.34. The van der Waals surface area contributed by atoms with E-state index in [9.17, 15) is 10.1 Å². The van der Waals surface area contributed by atoms with Crippen molar-refractivity contribution in [1.82, 2.24) is 0 Å². The third-order valence-corrected chi connectivity index (χ3v) is 5.74. The molecular formula is C24H30N2O2. The highest BCUT2D eigenvalue weighted by atomic mass is 16.5. The molecule has 1 aromatic carbocycles. The van der Waals surface area contributed by atoms with Crippen LogP contribution in [0.5, 0.6) is 0 Å². The molecule has 0 fully saturated rings. The minimum atomic E-state index is -0.278. The number of hydrogen-bond acceptors (Lipinski definition) is 4. The molecule has 148 valence electrons. The highest BCUT2D eigenvalue weighted by Gasteiger charge is 2.42. The molecule has 0 aromatic heterocycles. The molecule has 4 nitrogen and oxygen atoms in total. The zero-order valence-corrected chi connectivity index (χ0v) is 17.6. The number of benzene rings is 1. The normalized spacial score (nSPS) is 21.9. The molecule has 1 aromatic rings. The lowest BCUT2D eigenvalue weighted by Gasteiger charge is -2.37. The van der Waals surface area contributed by atoms with Gasteiger partial charge in [0.15, 0.2) is 5.78 Å². The molecule has 0 radical (unpaired) electrons. The van der Waals surface area contributed by atoms with Crippen molar-refractivity contribution in [2.24, 2.45) is 17.1 Å². The zero-order valence-electron chi connectivity index (χ0n) is 17.6. The van der Waals surface area contributed by atoms with Gasteiger partial charge in [-0.2, -0.15) is 5.26 Å². The summed E-state index contributed by atoms with van der Waals surface area (Å²) >= 11 is 0. The summed E-state index contributed by atoms with van der Waals surface area (Å²) in [6.07, 6.45) is 2.60. The number of aryl methyl sites for hydroxylation is 1. The molecular weight excluding hydrogens is 348 g/mol. The maximum Gasteiger partial charge on any atom is 0.204 e. The number of rotatable bonds is 3. The highest BCUT2D eigenvalue weighted by molar-refractivity contribution is 5.98. The Hall–Kier alpha value is -2.54. The van der Waals surface area contributed by atoms with Gasteiger partial charge < -0.3 is 10.5 Å². The second-order valence-electron chi connectivity index (χ2n) is 9.81. The monoisotopic (exact) mass is 378 g/mol. The number of nitrogens with two attached hydrogens (primary N) is 1. The number of hydrogen-bond donors (Lipinski definition) is 1. The first-order chi connectivity index (χ1) is 13.0. The highest BCUT2D eigenvalue weighted by Crippen LogP contribution is 2.45. The van der Waals surface area contributed by atoms with Crippen LogP contribution in [0.25, 0.3) is 0 Å². The molecule has 1 atom stereocenters. The summed E-state index contributed by atoms with van der Waals surface area (Å²) < 4.78 is 5.73. The molecule has 4 heteroatoms. The zero-order chi connectivity index (χ0) is 20.7. The van der Waals surface area contributed by atoms with Crippen LogP contribution in [0.3, 0.4) is 0 Å². The Morgan fingerprint density at radius 3 is 2.43 bits per heavy atom. The molecule has 0 saturated heterocycles. The number of nitrogens with zero attached hydrogens (tertiary/aromatic N) is 1. The van der Waals surface area contributed by atoms with E-state index in [0.717, 1.165) is 6.42 Å². The molecule has 1 aliphatic heterocycles. The van der Waals surface area contributed by atoms with Gasteiger partial charge in [-0.25, -0.2) is 0 Å². The summed E-state index contributed by atoms with van der Waals surface area (Å²) in [5.74, 6) is 0.616. The fourth-order valence-electron chi connectivity index (χ4n) is 4.17. The first kappa shape index (κ1) is 20.2. The number of carbonyl (C=O) groups excluding carboxylic acids is 1. The van der Waals surface area contributed by atoms with E-state index in [4.69, 9.17) is 10.5 Å². The van der Waals surface area contributed by atoms with Gasteiger partial charge >= 0.3 is 0 Å². The third-order valence-electron chi connectivity index (χ3n) is 5.74. The Morgan fingerprint density at radius 1 is 1.21 bits per heavy atom. The van der Waals surface area contributed by atoms with Gasteiger partial charge in [0, 0.05) is 24.3 Å². The Labute approximate surface area is 168 Å². The second kappa shape index (κ2) is 7.13. The van der Waals surface area contributed by atoms with Crippen LogP contribution in [0.15, 0.2) is 47.1 Å². The number of allylic oxidation sites excluding steroid dienone is 3. The summed E-state index contributed by atoms with van der Waals surface area (Å²) in [7, 11) is 0. The average molecular weight is 379 g/mol. The predicted molar refractivity (Wildman–Crippen MR) is 110 cm³/mol. The van der Waals surface area contributed by atoms with Gasteiger partial charge in [-0.05, 0) is 34.8 Å². The molecule has 0 spiro atoms. The number of carbonyl (C=O) groups is 1. The smallest absolute Gasteiger partial charge is 0.204 e. The van der Waals surface area contributed by atoms with Crippen LogP contribution < -0.4 is 5.73 Å². The topological polar surface area (TPSA) is 76.1 Å². The van der Waals surface area contributed by atoms with E-state index in [1.54, 1.807) is 0 Å². The Balaban J connectivity index is 1.85.